The van der Waals surface area contributed by atoms with E-state index in [1.54, 1.807) is 12.4 Å². The number of imidazole rings is 1. The van der Waals surface area contributed by atoms with E-state index in [0.717, 1.165) is 84.1 Å². The first-order valence-corrected chi connectivity index (χ1v) is 12.2. The number of likely N-dealkylation sites (N-methyl/N-ethyl adjacent to an activating group) is 1. The molecule has 2 fully saturated rings. The van der Waals surface area contributed by atoms with Gasteiger partial charge in [-0.15, -0.1) is 0 Å². The number of pyridine rings is 1. The monoisotopic (exact) mass is 481 g/mol. The minimum atomic E-state index is 0.204. The van der Waals surface area contributed by atoms with Gasteiger partial charge in [0.2, 0.25) is 0 Å². The molecule has 0 unspecified atom stereocenters. The Morgan fingerprint density at radius 3 is 2.69 bits per heavy atom. The van der Waals surface area contributed by atoms with Crippen LogP contribution in [0.2, 0.25) is 0 Å². The van der Waals surface area contributed by atoms with E-state index in [9.17, 15) is 0 Å². The summed E-state index contributed by atoms with van der Waals surface area (Å²) in [5.74, 6) is 1.54. The van der Waals surface area contributed by atoms with E-state index in [0.29, 0.717) is 11.5 Å². The number of benzene rings is 1. The fourth-order valence-corrected chi connectivity index (χ4v) is 5.02. The first-order chi connectivity index (χ1) is 17.6. The molecular weight excluding hydrogens is 454 g/mol. The molecule has 36 heavy (non-hydrogen) atoms. The molecule has 0 saturated carbocycles. The van der Waals surface area contributed by atoms with Crippen molar-refractivity contribution in [3.8, 4) is 22.8 Å². The highest BCUT2D eigenvalue weighted by Crippen LogP contribution is 2.32. The number of aromatic amines is 2. The van der Waals surface area contributed by atoms with Crippen LogP contribution in [-0.4, -0.2) is 92.4 Å². The van der Waals surface area contributed by atoms with Crippen LogP contribution in [0.3, 0.4) is 0 Å². The van der Waals surface area contributed by atoms with Crippen LogP contribution in [0.25, 0.3) is 44.8 Å². The van der Waals surface area contributed by atoms with Gasteiger partial charge in [-0.05, 0) is 25.2 Å². The van der Waals surface area contributed by atoms with Gasteiger partial charge in [0.25, 0.3) is 0 Å². The van der Waals surface area contributed by atoms with E-state index in [-0.39, 0.29) is 6.04 Å². The first-order valence-electron chi connectivity index (χ1n) is 12.2. The number of H-pyrrole nitrogens is 2. The van der Waals surface area contributed by atoms with Crippen molar-refractivity contribution < 1.29 is 0 Å². The molecule has 11 nitrogen and oxygen atoms in total. The number of piperazine rings is 1. The van der Waals surface area contributed by atoms with Crippen molar-refractivity contribution in [1.82, 2.24) is 40.0 Å². The van der Waals surface area contributed by atoms with Crippen LogP contribution in [0.4, 0.5) is 11.5 Å². The number of anilines is 2. The van der Waals surface area contributed by atoms with Gasteiger partial charge < -0.3 is 25.4 Å². The molecule has 0 bridgehead atoms. The number of fused-ring (bicyclic) bond motifs is 2. The minimum absolute atomic E-state index is 0.204. The number of nitrogens with two attached hydrogens (primary N) is 1. The van der Waals surface area contributed by atoms with E-state index in [2.05, 4.69) is 59.0 Å². The molecule has 6 heterocycles. The second kappa shape index (κ2) is 8.25. The fraction of sp³-hybridized carbons (Fsp3) is 0.320. The Morgan fingerprint density at radius 2 is 1.86 bits per heavy atom. The van der Waals surface area contributed by atoms with Crippen molar-refractivity contribution in [1.29, 1.82) is 0 Å². The molecule has 4 aromatic heterocycles. The Bertz CT molecular complexity index is 1560. The summed E-state index contributed by atoms with van der Waals surface area (Å²) >= 11 is 0. The van der Waals surface area contributed by atoms with Crippen molar-refractivity contribution in [3.63, 3.8) is 0 Å². The summed E-state index contributed by atoms with van der Waals surface area (Å²) in [5, 5.41) is 8.70. The molecule has 0 radical (unpaired) electrons. The lowest BCUT2D eigenvalue weighted by molar-refractivity contribution is 0.313. The number of rotatable bonds is 4. The number of aromatic nitrogens is 7. The molecule has 7 rings (SSSR count). The summed E-state index contributed by atoms with van der Waals surface area (Å²) in [7, 11) is 2.16. The van der Waals surface area contributed by atoms with Gasteiger partial charge in [-0.2, -0.15) is 5.10 Å². The Labute approximate surface area is 207 Å². The maximum Gasteiger partial charge on any atom is 0.180 e. The SMILES string of the molecule is CN1CCN(c2ccnc3nc(-c4n[nH]c5ccc(-c6cncc(N7CC(N)C7)n6)cc45)[nH]c23)CC1. The number of nitrogens with zero attached hydrogens (tertiary/aromatic N) is 8. The number of hydrogen-bond acceptors (Lipinski definition) is 9. The van der Waals surface area contributed by atoms with Gasteiger partial charge in [-0.1, -0.05) is 6.07 Å². The second-order valence-electron chi connectivity index (χ2n) is 9.66. The van der Waals surface area contributed by atoms with Gasteiger partial charge in [0.15, 0.2) is 11.5 Å². The smallest absolute Gasteiger partial charge is 0.180 e. The zero-order chi connectivity index (χ0) is 24.2. The average Bonchev–Trinajstić information content (AvgIpc) is 3.51. The van der Waals surface area contributed by atoms with E-state index < -0.39 is 0 Å². The van der Waals surface area contributed by atoms with Crippen LogP contribution in [-0.2, 0) is 0 Å². The van der Waals surface area contributed by atoms with Gasteiger partial charge in [0.1, 0.15) is 17.0 Å². The van der Waals surface area contributed by atoms with Crippen molar-refractivity contribution in [2.24, 2.45) is 5.73 Å². The minimum Gasteiger partial charge on any atom is -0.367 e. The molecule has 2 aliphatic rings. The average molecular weight is 482 g/mol. The van der Waals surface area contributed by atoms with Crippen LogP contribution < -0.4 is 15.5 Å². The predicted octanol–water partition coefficient (Wildman–Crippen LogP) is 1.86. The lowest BCUT2D eigenvalue weighted by atomic mass is 10.1. The fourth-order valence-electron chi connectivity index (χ4n) is 5.02. The molecule has 5 aromatic rings. The molecule has 0 aliphatic carbocycles. The molecule has 0 spiro atoms. The van der Waals surface area contributed by atoms with Crippen molar-refractivity contribution >= 4 is 33.6 Å². The van der Waals surface area contributed by atoms with Gasteiger partial charge in [0, 0.05) is 62.5 Å². The van der Waals surface area contributed by atoms with E-state index >= 15 is 0 Å². The molecule has 182 valence electrons. The van der Waals surface area contributed by atoms with E-state index in [1.807, 2.05) is 18.3 Å². The van der Waals surface area contributed by atoms with Crippen molar-refractivity contribution in [2.75, 3.05) is 56.1 Å². The summed E-state index contributed by atoms with van der Waals surface area (Å²) in [5.41, 5.74) is 12.2. The van der Waals surface area contributed by atoms with Crippen LogP contribution >= 0.6 is 0 Å². The summed E-state index contributed by atoms with van der Waals surface area (Å²) in [6.45, 7) is 5.63. The van der Waals surface area contributed by atoms with Gasteiger partial charge in [-0.3, -0.25) is 10.1 Å². The van der Waals surface area contributed by atoms with Gasteiger partial charge >= 0.3 is 0 Å². The standard InChI is InChI=1S/C25H27N11/c1-34-6-8-35(9-7-34)20-4-5-28-24-23(20)30-25(31-24)22-17-10-15(2-3-18(17)32-33-22)19-11-27-12-21(29-19)36-13-16(26)14-36/h2-5,10-12,16H,6-9,13-14,26H2,1H3,(H,32,33)(H,28,30,31). The van der Waals surface area contributed by atoms with Crippen LogP contribution in [0.5, 0.6) is 0 Å². The Balaban J connectivity index is 1.26. The lowest BCUT2D eigenvalue weighted by Gasteiger charge is -2.37. The van der Waals surface area contributed by atoms with Crippen molar-refractivity contribution in [2.45, 2.75) is 6.04 Å². The zero-order valence-electron chi connectivity index (χ0n) is 20.0. The summed E-state index contributed by atoms with van der Waals surface area (Å²) in [6, 6.07) is 8.41. The Morgan fingerprint density at radius 1 is 1.00 bits per heavy atom. The number of nitrogens with one attached hydrogen (secondary N) is 2. The Hall–Kier alpha value is -4.09. The van der Waals surface area contributed by atoms with Crippen LogP contribution in [0, 0.1) is 0 Å². The highest BCUT2D eigenvalue weighted by molar-refractivity contribution is 5.96. The molecule has 2 saturated heterocycles. The van der Waals surface area contributed by atoms with E-state index in [1.165, 1.54) is 0 Å². The molecule has 1 aromatic carbocycles. The van der Waals surface area contributed by atoms with Crippen molar-refractivity contribution in [3.05, 3.63) is 42.9 Å². The Kier molecular flexibility index (Phi) is 4.86. The largest absolute Gasteiger partial charge is 0.367 e. The second-order valence-corrected chi connectivity index (χ2v) is 9.66. The summed E-state index contributed by atoms with van der Waals surface area (Å²) in [6.07, 6.45) is 5.41. The van der Waals surface area contributed by atoms with Gasteiger partial charge in [-0.25, -0.2) is 15.0 Å². The third-order valence-corrected chi connectivity index (χ3v) is 7.15. The van der Waals surface area contributed by atoms with Crippen LogP contribution in [0.15, 0.2) is 42.9 Å². The molecule has 2 aliphatic heterocycles. The molecule has 0 amide bonds. The zero-order valence-corrected chi connectivity index (χ0v) is 20.0. The highest BCUT2D eigenvalue weighted by Gasteiger charge is 2.25. The number of hydrogen-bond donors (Lipinski definition) is 3. The normalized spacial score (nSPS) is 17.3. The molecule has 4 N–H and O–H groups in total. The quantitative estimate of drug-likeness (QED) is 0.352. The third kappa shape index (κ3) is 3.55. The molecule has 0 atom stereocenters. The predicted molar refractivity (Wildman–Crippen MR) is 140 cm³/mol. The molecular formula is C25H27N11. The summed E-state index contributed by atoms with van der Waals surface area (Å²) in [4.78, 5) is 29.0. The van der Waals surface area contributed by atoms with Gasteiger partial charge in [0.05, 0.1) is 29.3 Å². The molecule has 11 heteroatoms. The third-order valence-electron chi connectivity index (χ3n) is 7.15. The topological polar surface area (TPSA) is 132 Å². The lowest BCUT2D eigenvalue weighted by Crippen LogP contribution is -2.56. The maximum atomic E-state index is 5.94. The first kappa shape index (κ1) is 21.2. The van der Waals surface area contributed by atoms with E-state index in [4.69, 9.17) is 15.7 Å². The maximum absolute atomic E-state index is 5.94. The van der Waals surface area contributed by atoms with Crippen LogP contribution in [0.1, 0.15) is 0 Å². The highest BCUT2D eigenvalue weighted by atomic mass is 15.3. The summed E-state index contributed by atoms with van der Waals surface area (Å²) < 4.78 is 0.